The Labute approximate surface area is 121 Å². The highest BCUT2D eigenvalue weighted by molar-refractivity contribution is 5.91. The molecule has 2 rings (SSSR count). The van der Waals surface area contributed by atoms with Crippen LogP contribution in [0.2, 0.25) is 0 Å². The smallest absolute Gasteiger partial charge is 0.273 e. The number of benzene rings is 1. The van der Waals surface area contributed by atoms with Gasteiger partial charge in [-0.15, -0.1) is 10.2 Å². The van der Waals surface area contributed by atoms with E-state index in [1.54, 1.807) is 26.2 Å². The highest BCUT2D eigenvalue weighted by Crippen LogP contribution is 2.21. The maximum absolute atomic E-state index is 13.6. The van der Waals surface area contributed by atoms with Gasteiger partial charge in [0.2, 0.25) is 5.88 Å². The standard InChI is InChI=1S/C14H15FN4O2/c1-19(2)14(20)12-5-6-13(18-17-12)21-10-4-3-9(8-16)11(15)7-10/h3-7H,8,16H2,1-2H3. The SMILES string of the molecule is CN(C)C(=O)c1ccc(Oc2ccc(CN)c(F)c2)nn1. The molecular weight excluding hydrogens is 275 g/mol. The molecule has 1 amide bonds. The number of halogens is 1. The quantitative estimate of drug-likeness (QED) is 0.924. The Morgan fingerprint density at radius 3 is 2.57 bits per heavy atom. The van der Waals surface area contributed by atoms with Crippen molar-refractivity contribution in [2.45, 2.75) is 6.54 Å². The maximum Gasteiger partial charge on any atom is 0.273 e. The molecule has 0 unspecified atom stereocenters. The highest BCUT2D eigenvalue weighted by atomic mass is 19.1. The molecule has 1 aromatic carbocycles. The molecule has 1 aromatic heterocycles. The third-order valence-corrected chi connectivity index (χ3v) is 2.73. The second-order valence-corrected chi connectivity index (χ2v) is 4.52. The van der Waals surface area contributed by atoms with Gasteiger partial charge in [0.15, 0.2) is 5.69 Å². The third-order valence-electron chi connectivity index (χ3n) is 2.73. The average molecular weight is 290 g/mol. The van der Waals surface area contributed by atoms with Crippen LogP contribution in [0.1, 0.15) is 16.1 Å². The maximum atomic E-state index is 13.6. The van der Waals surface area contributed by atoms with Crippen LogP contribution in [0.15, 0.2) is 30.3 Å². The number of amides is 1. The van der Waals surface area contributed by atoms with Gasteiger partial charge in [0.1, 0.15) is 11.6 Å². The number of rotatable bonds is 4. The highest BCUT2D eigenvalue weighted by Gasteiger charge is 2.11. The first kappa shape index (κ1) is 14.9. The van der Waals surface area contributed by atoms with Crippen LogP contribution in [-0.2, 0) is 6.54 Å². The number of hydrogen-bond acceptors (Lipinski definition) is 5. The Morgan fingerprint density at radius 2 is 2.05 bits per heavy atom. The topological polar surface area (TPSA) is 81.3 Å². The van der Waals surface area contributed by atoms with Crippen molar-refractivity contribution >= 4 is 5.91 Å². The summed E-state index contributed by atoms with van der Waals surface area (Å²) in [5, 5.41) is 7.56. The summed E-state index contributed by atoms with van der Waals surface area (Å²) in [7, 11) is 3.24. The van der Waals surface area contributed by atoms with Crippen molar-refractivity contribution in [1.82, 2.24) is 15.1 Å². The van der Waals surface area contributed by atoms with Gasteiger partial charge >= 0.3 is 0 Å². The van der Waals surface area contributed by atoms with Gasteiger partial charge in [-0.05, 0) is 12.1 Å². The monoisotopic (exact) mass is 290 g/mol. The van der Waals surface area contributed by atoms with Crippen molar-refractivity contribution in [2.75, 3.05) is 14.1 Å². The molecule has 0 saturated carbocycles. The zero-order valence-electron chi connectivity index (χ0n) is 11.7. The zero-order valence-corrected chi connectivity index (χ0v) is 11.7. The molecule has 6 nitrogen and oxygen atoms in total. The van der Waals surface area contributed by atoms with Crippen molar-refractivity contribution in [3.05, 3.63) is 47.4 Å². The van der Waals surface area contributed by atoms with E-state index in [0.29, 0.717) is 5.56 Å². The van der Waals surface area contributed by atoms with E-state index in [1.165, 1.54) is 23.1 Å². The van der Waals surface area contributed by atoms with Crippen LogP contribution in [0.25, 0.3) is 0 Å². The Bertz CT molecular complexity index is 644. The van der Waals surface area contributed by atoms with Gasteiger partial charge in [-0.1, -0.05) is 6.07 Å². The van der Waals surface area contributed by atoms with Gasteiger partial charge in [0, 0.05) is 38.3 Å². The molecule has 0 aliphatic heterocycles. The number of carbonyl (C=O) groups excluding carboxylic acids is 1. The fourth-order valence-corrected chi connectivity index (χ4v) is 1.60. The summed E-state index contributed by atoms with van der Waals surface area (Å²) < 4.78 is 18.9. The molecule has 0 fully saturated rings. The molecule has 0 bridgehead atoms. The largest absolute Gasteiger partial charge is 0.437 e. The molecule has 110 valence electrons. The van der Waals surface area contributed by atoms with E-state index < -0.39 is 5.82 Å². The minimum atomic E-state index is -0.442. The van der Waals surface area contributed by atoms with Gasteiger partial charge in [-0.25, -0.2) is 4.39 Å². The van der Waals surface area contributed by atoms with E-state index in [9.17, 15) is 9.18 Å². The van der Waals surface area contributed by atoms with E-state index in [4.69, 9.17) is 10.5 Å². The predicted molar refractivity (Wildman–Crippen MR) is 74.4 cm³/mol. The summed E-state index contributed by atoms with van der Waals surface area (Å²) >= 11 is 0. The van der Waals surface area contributed by atoms with E-state index >= 15 is 0 Å². The van der Waals surface area contributed by atoms with E-state index in [2.05, 4.69) is 10.2 Å². The Hall–Kier alpha value is -2.54. The fraction of sp³-hybridized carbons (Fsp3) is 0.214. The van der Waals surface area contributed by atoms with Crippen molar-refractivity contribution in [1.29, 1.82) is 0 Å². The number of nitrogens with two attached hydrogens (primary N) is 1. The zero-order chi connectivity index (χ0) is 15.4. The van der Waals surface area contributed by atoms with Gasteiger partial charge in [0.25, 0.3) is 5.91 Å². The molecule has 0 atom stereocenters. The molecule has 2 N–H and O–H groups in total. The molecule has 0 radical (unpaired) electrons. The first-order valence-corrected chi connectivity index (χ1v) is 6.23. The normalized spacial score (nSPS) is 10.3. The number of carbonyl (C=O) groups is 1. The lowest BCUT2D eigenvalue weighted by atomic mass is 10.2. The molecule has 0 saturated heterocycles. The number of ether oxygens (including phenoxy) is 1. The molecular formula is C14H15FN4O2. The minimum absolute atomic E-state index is 0.118. The number of hydrogen-bond donors (Lipinski definition) is 1. The van der Waals surface area contributed by atoms with Gasteiger partial charge in [0.05, 0.1) is 0 Å². The van der Waals surface area contributed by atoms with Crippen molar-refractivity contribution < 1.29 is 13.9 Å². The molecule has 7 heteroatoms. The van der Waals surface area contributed by atoms with Crippen molar-refractivity contribution in [2.24, 2.45) is 5.73 Å². The molecule has 1 heterocycles. The van der Waals surface area contributed by atoms with Crippen LogP contribution in [0, 0.1) is 5.82 Å². The number of aromatic nitrogens is 2. The van der Waals surface area contributed by atoms with Crippen molar-refractivity contribution in [3.8, 4) is 11.6 Å². The van der Waals surface area contributed by atoms with Gasteiger partial charge in [-0.3, -0.25) is 4.79 Å². The van der Waals surface area contributed by atoms with Crippen LogP contribution in [-0.4, -0.2) is 35.1 Å². The summed E-state index contributed by atoms with van der Waals surface area (Å²) in [4.78, 5) is 13.0. The first-order chi connectivity index (χ1) is 10.0. The van der Waals surface area contributed by atoms with Crippen LogP contribution in [0.3, 0.4) is 0 Å². The summed E-state index contributed by atoms with van der Waals surface area (Å²) in [6, 6.07) is 7.35. The third kappa shape index (κ3) is 3.51. The van der Waals surface area contributed by atoms with E-state index in [1.807, 2.05) is 0 Å². The van der Waals surface area contributed by atoms with Gasteiger partial charge in [-0.2, -0.15) is 0 Å². The lowest BCUT2D eigenvalue weighted by Gasteiger charge is -2.09. The van der Waals surface area contributed by atoms with E-state index in [0.717, 1.165) is 0 Å². The first-order valence-electron chi connectivity index (χ1n) is 6.23. The second kappa shape index (κ2) is 6.27. The van der Waals surface area contributed by atoms with Crippen LogP contribution in [0.4, 0.5) is 4.39 Å². The Morgan fingerprint density at radius 1 is 1.29 bits per heavy atom. The molecule has 2 aromatic rings. The van der Waals surface area contributed by atoms with Gasteiger partial charge < -0.3 is 15.4 Å². The summed E-state index contributed by atoms with van der Waals surface area (Å²) in [5.41, 5.74) is 5.99. The number of nitrogens with zero attached hydrogens (tertiary/aromatic N) is 3. The summed E-state index contributed by atoms with van der Waals surface area (Å²) in [6.07, 6.45) is 0. The fourth-order valence-electron chi connectivity index (χ4n) is 1.60. The van der Waals surface area contributed by atoms with Crippen molar-refractivity contribution in [3.63, 3.8) is 0 Å². The lowest BCUT2D eigenvalue weighted by molar-refractivity contribution is 0.0820. The summed E-state index contributed by atoms with van der Waals surface area (Å²) in [5.74, 6) is -0.245. The summed E-state index contributed by atoms with van der Waals surface area (Å²) in [6.45, 7) is 0.118. The Balaban J connectivity index is 2.13. The van der Waals surface area contributed by atoms with Crippen LogP contribution in [0.5, 0.6) is 11.6 Å². The average Bonchev–Trinajstić information content (AvgIpc) is 2.47. The predicted octanol–water partition coefficient (Wildman–Crippen LogP) is 1.57. The lowest BCUT2D eigenvalue weighted by Crippen LogP contribution is -2.23. The Kier molecular flexibility index (Phi) is 4.44. The molecule has 0 aliphatic carbocycles. The second-order valence-electron chi connectivity index (χ2n) is 4.52. The van der Waals surface area contributed by atoms with Crippen LogP contribution < -0.4 is 10.5 Å². The molecule has 0 spiro atoms. The molecule has 21 heavy (non-hydrogen) atoms. The minimum Gasteiger partial charge on any atom is -0.437 e. The van der Waals surface area contributed by atoms with E-state index in [-0.39, 0.29) is 29.8 Å². The molecule has 0 aliphatic rings. The van der Waals surface area contributed by atoms with Crippen LogP contribution >= 0.6 is 0 Å².